The molecule has 0 unspecified atom stereocenters. The minimum Gasteiger partial charge on any atom is -0.384 e. The molecule has 4 aromatic heterocycles. The first kappa shape index (κ1) is 27.1. The van der Waals surface area contributed by atoms with Crippen LogP contribution in [0.1, 0.15) is 30.8 Å². The van der Waals surface area contributed by atoms with Crippen molar-refractivity contribution in [2.24, 2.45) is 0 Å². The molecule has 0 saturated carbocycles. The molecule has 1 fully saturated rings. The Balaban J connectivity index is 1.50. The zero-order valence-electron chi connectivity index (χ0n) is 23.0. The lowest BCUT2D eigenvalue weighted by Crippen LogP contribution is -2.60. The van der Waals surface area contributed by atoms with Gasteiger partial charge in [0.15, 0.2) is 5.82 Å². The Morgan fingerprint density at radius 1 is 1.02 bits per heavy atom. The number of hydrogen-bond acceptors (Lipinski definition) is 9. The predicted octanol–water partition coefficient (Wildman–Crippen LogP) is 3.88. The van der Waals surface area contributed by atoms with Gasteiger partial charge in [-0.3, -0.25) is 9.88 Å². The molecule has 10 nitrogen and oxygen atoms in total. The normalized spacial score (nSPS) is 16.0. The average Bonchev–Trinajstić information content (AvgIpc) is 3.37. The van der Waals surface area contributed by atoms with Crippen molar-refractivity contribution >= 4 is 28.5 Å². The molecule has 0 bridgehead atoms. The second-order valence-corrected chi connectivity index (χ2v) is 10.4. The fourth-order valence-corrected chi connectivity index (χ4v) is 5.75. The molecule has 6 heterocycles. The third-order valence-electron chi connectivity index (χ3n) is 7.91. The van der Waals surface area contributed by atoms with Crippen LogP contribution < -0.4 is 15.5 Å². The lowest BCUT2D eigenvalue weighted by atomic mass is 10.0. The lowest BCUT2D eigenvalue weighted by molar-refractivity contribution is -0.137. The second-order valence-electron chi connectivity index (χ2n) is 10.4. The molecule has 2 N–H and O–H groups in total. The summed E-state index contributed by atoms with van der Waals surface area (Å²) in [5.74, 6) is 0.428. The van der Waals surface area contributed by atoms with Crippen molar-refractivity contribution < 1.29 is 17.6 Å². The zero-order chi connectivity index (χ0) is 29.1. The largest absolute Gasteiger partial charge is 0.418 e. The first-order chi connectivity index (χ1) is 19.6. The quantitative estimate of drug-likeness (QED) is 0.346. The Kier molecular flexibility index (Phi) is 6.67. The number of likely N-dealkylation sites (N-methyl/N-ethyl adjacent to an activating group) is 1. The number of aryl methyl sites for hydroxylation is 1. The minimum absolute atomic E-state index is 0.120. The number of imidazole rings is 1. The van der Waals surface area contributed by atoms with Gasteiger partial charge in [-0.25, -0.2) is 19.3 Å². The van der Waals surface area contributed by atoms with Gasteiger partial charge in [0, 0.05) is 50.8 Å². The molecule has 4 aromatic rings. The van der Waals surface area contributed by atoms with Crippen LogP contribution in [0, 0.1) is 12.7 Å². The van der Waals surface area contributed by atoms with E-state index in [1.54, 1.807) is 6.20 Å². The number of aromatic nitrogens is 6. The second kappa shape index (κ2) is 10.1. The van der Waals surface area contributed by atoms with Gasteiger partial charge in [0.25, 0.3) is 0 Å². The highest BCUT2D eigenvalue weighted by molar-refractivity contribution is 5.92. The highest BCUT2D eigenvalue weighted by Gasteiger charge is 2.39. The topological polar surface area (TPSA) is 105 Å². The maximum atomic E-state index is 16.3. The number of halogens is 4. The van der Waals surface area contributed by atoms with Crippen molar-refractivity contribution in [3.05, 3.63) is 47.4 Å². The summed E-state index contributed by atoms with van der Waals surface area (Å²) in [6.45, 7) is 10.2. The van der Waals surface area contributed by atoms with Crippen molar-refractivity contribution in [3.8, 4) is 11.4 Å². The number of nitrogen functional groups attached to an aromatic ring is 1. The number of fused-ring (bicyclic) bond motifs is 2. The number of anilines is 3. The van der Waals surface area contributed by atoms with Gasteiger partial charge in [0.2, 0.25) is 5.95 Å². The molecular weight excluding hydrogens is 540 g/mol. The van der Waals surface area contributed by atoms with Crippen LogP contribution in [0.15, 0.2) is 24.7 Å². The SMILES string of the molecule is CCN(CC)C1CN(c2nc(N3CCn4ccnc4C3)c3cnc(-c4nc(N)cc(C)c4C(F)(F)F)c(F)c3n2)C1. The summed E-state index contributed by atoms with van der Waals surface area (Å²) < 4.78 is 60.6. The summed E-state index contributed by atoms with van der Waals surface area (Å²) >= 11 is 0. The summed E-state index contributed by atoms with van der Waals surface area (Å²) in [4.78, 5) is 28.1. The standard InChI is InChI=1S/C27H30F4N10/c1-4-38(5-2)16-12-41(13-16)26-36-22-17(25(37-26)40-9-8-39-7-6-33-19(39)14-40)11-34-24(21(22)28)23-20(27(29,30)31)15(3)10-18(32)35-23/h6-7,10-11,16H,4-5,8-9,12-14H2,1-3H3,(H2,32,35). The fourth-order valence-electron chi connectivity index (χ4n) is 5.75. The number of pyridine rings is 2. The van der Waals surface area contributed by atoms with Gasteiger partial charge in [0.05, 0.1) is 17.5 Å². The molecule has 14 heteroatoms. The van der Waals surface area contributed by atoms with Crippen LogP contribution in [0.25, 0.3) is 22.3 Å². The molecule has 2 aliphatic rings. The van der Waals surface area contributed by atoms with E-state index in [0.717, 1.165) is 25.0 Å². The zero-order valence-corrected chi connectivity index (χ0v) is 23.0. The Bertz CT molecular complexity index is 1610. The summed E-state index contributed by atoms with van der Waals surface area (Å²) in [6.07, 6.45) is 0.152. The summed E-state index contributed by atoms with van der Waals surface area (Å²) in [7, 11) is 0. The van der Waals surface area contributed by atoms with Gasteiger partial charge < -0.3 is 20.1 Å². The Morgan fingerprint density at radius 2 is 1.78 bits per heavy atom. The molecule has 0 spiro atoms. The molecule has 2 aliphatic heterocycles. The number of nitrogens with two attached hydrogens (primary N) is 1. The van der Waals surface area contributed by atoms with Crippen LogP contribution in [-0.4, -0.2) is 73.2 Å². The molecule has 0 atom stereocenters. The molecule has 0 aliphatic carbocycles. The van der Waals surface area contributed by atoms with Gasteiger partial charge in [-0.05, 0) is 31.6 Å². The molecule has 0 aromatic carbocycles. The van der Waals surface area contributed by atoms with Gasteiger partial charge in [-0.2, -0.15) is 18.2 Å². The fraction of sp³-hybridized carbons (Fsp3) is 0.444. The monoisotopic (exact) mass is 570 g/mol. The van der Waals surface area contributed by atoms with E-state index in [9.17, 15) is 13.2 Å². The van der Waals surface area contributed by atoms with Gasteiger partial charge in [-0.15, -0.1) is 0 Å². The first-order valence-corrected chi connectivity index (χ1v) is 13.5. The van der Waals surface area contributed by atoms with E-state index < -0.39 is 28.9 Å². The van der Waals surface area contributed by atoms with Crippen LogP contribution in [0.3, 0.4) is 0 Å². The van der Waals surface area contributed by atoms with Gasteiger partial charge in [-0.1, -0.05) is 13.8 Å². The van der Waals surface area contributed by atoms with Crippen LogP contribution in [0.4, 0.5) is 35.1 Å². The minimum atomic E-state index is -4.79. The van der Waals surface area contributed by atoms with E-state index in [4.69, 9.17) is 10.7 Å². The third-order valence-corrected chi connectivity index (χ3v) is 7.91. The van der Waals surface area contributed by atoms with Crippen LogP contribution in [0.5, 0.6) is 0 Å². The van der Waals surface area contributed by atoms with Crippen molar-refractivity contribution in [1.29, 1.82) is 0 Å². The highest BCUT2D eigenvalue weighted by Crippen LogP contribution is 2.41. The van der Waals surface area contributed by atoms with E-state index in [1.165, 1.54) is 13.1 Å². The summed E-state index contributed by atoms with van der Waals surface area (Å²) in [5.41, 5.74) is 3.19. The molecule has 0 radical (unpaired) electrons. The number of alkyl halides is 3. The predicted molar refractivity (Wildman–Crippen MR) is 147 cm³/mol. The number of hydrogen-bond donors (Lipinski definition) is 1. The smallest absolute Gasteiger partial charge is 0.384 e. The van der Waals surface area contributed by atoms with Crippen LogP contribution in [0.2, 0.25) is 0 Å². The molecule has 216 valence electrons. The van der Waals surface area contributed by atoms with E-state index in [0.29, 0.717) is 55.9 Å². The van der Waals surface area contributed by atoms with E-state index in [-0.39, 0.29) is 16.9 Å². The molecule has 41 heavy (non-hydrogen) atoms. The Labute approximate surface area is 233 Å². The molecule has 6 rings (SSSR count). The first-order valence-electron chi connectivity index (χ1n) is 13.5. The van der Waals surface area contributed by atoms with Crippen LogP contribution in [-0.2, 0) is 19.3 Å². The summed E-state index contributed by atoms with van der Waals surface area (Å²) in [5, 5.41) is 0.296. The number of nitrogens with zero attached hydrogens (tertiary/aromatic N) is 9. The molecular formula is C27H30F4N10. The van der Waals surface area contributed by atoms with Crippen LogP contribution >= 0.6 is 0 Å². The van der Waals surface area contributed by atoms with Crippen molar-refractivity contribution in [2.45, 2.75) is 46.1 Å². The van der Waals surface area contributed by atoms with Crippen molar-refractivity contribution in [1.82, 2.24) is 34.4 Å². The van der Waals surface area contributed by atoms with Crippen molar-refractivity contribution in [3.63, 3.8) is 0 Å². The van der Waals surface area contributed by atoms with Gasteiger partial charge >= 0.3 is 6.18 Å². The highest BCUT2D eigenvalue weighted by atomic mass is 19.4. The van der Waals surface area contributed by atoms with E-state index in [2.05, 4.69) is 38.7 Å². The van der Waals surface area contributed by atoms with Crippen molar-refractivity contribution in [2.75, 3.05) is 48.3 Å². The van der Waals surface area contributed by atoms with E-state index in [1.807, 2.05) is 20.6 Å². The van der Waals surface area contributed by atoms with Gasteiger partial charge in [0.1, 0.15) is 34.4 Å². The lowest BCUT2D eigenvalue weighted by Gasteiger charge is -2.45. The molecule has 1 saturated heterocycles. The third kappa shape index (κ3) is 4.69. The maximum absolute atomic E-state index is 16.3. The number of rotatable bonds is 6. The van der Waals surface area contributed by atoms with E-state index >= 15 is 4.39 Å². The Hall–Kier alpha value is -4.07. The Morgan fingerprint density at radius 3 is 2.49 bits per heavy atom. The summed E-state index contributed by atoms with van der Waals surface area (Å²) in [6, 6.07) is 1.42. The maximum Gasteiger partial charge on any atom is 0.418 e. The molecule has 0 amide bonds. The average molecular weight is 571 g/mol.